The molecule has 4 rings (SSSR count). The van der Waals surface area contributed by atoms with Gasteiger partial charge in [0.25, 0.3) is 5.91 Å². The van der Waals surface area contributed by atoms with Crippen LogP contribution in [0, 0.1) is 12.7 Å². The summed E-state index contributed by atoms with van der Waals surface area (Å²) in [5.41, 5.74) is 10.6. The van der Waals surface area contributed by atoms with E-state index in [0.717, 1.165) is 22.5 Å². The van der Waals surface area contributed by atoms with Crippen molar-refractivity contribution in [2.75, 3.05) is 12.8 Å². The number of pyridine rings is 1. The number of hydrogen-bond acceptors (Lipinski definition) is 5. The first kappa shape index (κ1) is 19.9. The van der Waals surface area contributed by atoms with Gasteiger partial charge >= 0.3 is 0 Å². The first-order valence-electron chi connectivity index (χ1n) is 9.72. The molecule has 156 valence electrons. The van der Waals surface area contributed by atoms with Crippen molar-refractivity contribution in [3.63, 3.8) is 0 Å². The van der Waals surface area contributed by atoms with E-state index < -0.39 is 11.9 Å². The number of aryl methyl sites for hydroxylation is 2. The third kappa shape index (κ3) is 3.49. The highest BCUT2D eigenvalue weighted by molar-refractivity contribution is 5.95. The van der Waals surface area contributed by atoms with Crippen LogP contribution in [-0.4, -0.2) is 32.6 Å². The molecule has 0 aliphatic carbocycles. The maximum Gasteiger partial charge on any atom is 0.254 e. The Hall–Kier alpha value is -3.42. The normalized spacial score (nSPS) is 16.6. The number of halogens is 1. The van der Waals surface area contributed by atoms with Gasteiger partial charge in [0.05, 0.1) is 17.9 Å². The standard InChI is InChI=1S/C22H24FN5O2/c1-12-17-7-14-8-20(21(24)25-10-14)30-13(2)18-9-15(23)5-6-16(18)22(29)27(3)11-19(17)28(4)26-12/h5-6,8-10,13H,7,11H2,1-4H3,(H2,24,25)/t13-/m1/s1. The molecule has 2 bridgehead atoms. The molecule has 0 unspecified atom stereocenters. The summed E-state index contributed by atoms with van der Waals surface area (Å²) >= 11 is 0. The molecule has 0 saturated heterocycles. The van der Waals surface area contributed by atoms with Crippen LogP contribution in [0.1, 0.15) is 51.5 Å². The fourth-order valence-corrected chi connectivity index (χ4v) is 3.89. The van der Waals surface area contributed by atoms with Crippen LogP contribution in [0.2, 0.25) is 0 Å². The molecule has 1 atom stereocenters. The Balaban J connectivity index is 1.91. The lowest BCUT2D eigenvalue weighted by Crippen LogP contribution is -2.29. The van der Waals surface area contributed by atoms with Gasteiger partial charge in [0, 0.05) is 43.4 Å². The van der Waals surface area contributed by atoms with E-state index in [0.29, 0.717) is 29.8 Å². The molecule has 3 aromatic rings. The SMILES string of the molecule is Cc1nn(C)c2c1Cc1cnc(N)c(c1)O[C@H](C)c1cc(F)ccc1C(=O)N(C)C2. The number of carbonyl (C=O) groups excluding carboxylic acids is 1. The van der Waals surface area contributed by atoms with Crippen LogP contribution in [0.15, 0.2) is 30.5 Å². The van der Waals surface area contributed by atoms with Crippen molar-refractivity contribution in [2.24, 2.45) is 7.05 Å². The number of fused-ring (bicyclic) bond motifs is 4. The predicted molar refractivity (Wildman–Crippen MR) is 111 cm³/mol. The molecule has 1 aliphatic rings. The summed E-state index contributed by atoms with van der Waals surface area (Å²) in [6, 6.07) is 5.96. The van der Waals surface area contributed by atoms with E-state index in [1.807, 2.05) is 20.0 Å². The Bertz CT molecular complexity index is 1140. The average molecular weight is 409 g/mol. The number of amides is 1. The van der Waals surface area contributed by atoms with Crippen molar-refractivity contribution < 1.29 is 13.9 Å². The second-order valence-corrected chi connectivity index (χ2v) is 7.69. The van der Waals surface area contributed by atoms with Crippen LogP contribution < -0.4 is 10.5 Å². The van der Waals surface area contributed by atoms with Crippen molar-refractivity contribution in [3.05, 3.63) is 69.9 Å². The van der Waals surface area contributed by atoms with Crippen molar-refractivity contribution in [2.45, 2.75) is 32.9 Å². The summed E-state index contributed by atoms with van der Waals surface area (Å²) in [6.45, 7) is 4.08. The fraction of sp³-hybridized carbons (Fsp3) is 0.318. The second-order valence-electron chi connectivity index (χ2n) is 7.69. The number of anilines is 1. The number of rotatable bonds is 0. The lowest BCUT2D eigenvalue weighted by Gasteiger charge is -2.22. The van der Waals surface area contributed by atoms with Crippen molar-refractivity contribution >= 4 is 11.7 Å². The molecular weight excluding hydrogens is 385 g/mol. The van der Waals surface area contributed by atoms with Gasteiger partial charge in [0.1, 0.15) is 11.9 Å². The number of nitrogens with two attached hydrogens (primary N) is 1. The molecule has 3 heterocycles. The zero-order valence-corrected chi connectivity index (χ0v) is 17.4. The average Bonchev–Trinajstić information content (AvgIpc) is 2.96. The van der Waals surface area contributed by atoms with E-state index in [1.165, 1.54) is 18.2 Å². The molecule has 0 fully saturated rings. The minimum absolute atomic E-state index is 0.220. The summed E-state index contributed by atoms with van der Waals surface area (Å²) in [5, 5.41) is 4.54. The third-order valence-electron chi connectivity index (χ3n) is 5.51. The van der Waals surface area contributed by atoms with Gasteiger partial charge in [-0.2, -0.15) is 5.10 Å². The minimum atomic E-state index is -0.598. The smallest absolute Gasteiger partial charge is 0.254 e. The van der Waals surface area contributed by atoms with Gasteiger partial charge in [0.2, 0.25) is 0 Å². The highest BCUT2D eigenvalue weighted by Gasteiger charge is 2.25. The summed E-state index contributed by atoms with van der Waals surface area (Å²) in [6.07, 6.45) is 1.70. The number of benzene rings is 1. The first-order valence-corrected chi connectivity index (χ1v) is 9.72. The lowest BCUT2D eigenvalue weighted by atomic mass is 10.0. The molecule has 1 amide bonds. The Morgan fingerprint density at radius 2 is 2.03 bits per heavy atom. The molecule has 0 radical (unpaired) electrons. The van der Waals surface area contributed by atoms with Crippen LogP contribution in [0.3, 0.4) is 0 Å². The molecule has 0 spiro atoms. The maximum atomic E-state index is 14.0. The molecule has 2 N–H and O–H groups in total. The second kappa shape index (κ2) is 7.44. The van der Waals surface area contributed by atoms with Gasteiger partial charge in [-0.25, -0.2) is 9.37 Å². The van der Waals surface area contributed by atoms with Crippen LogP contribution in [0.4, 0.5) is 10.2 Å². The largest absolute Gasteiger partial charge is 0.482 e. The fourth-order valence-electron chi connectivity index (χ4n) is 3.89. The van der Waals surface area contributed by atoms with Crippen LogP contribution in [0.25, 0.3) is 0 Å². The first-order chi connectivity index (χ1) is 14.2. The number of hydrogen-bond donors (Lipinski definition) is 1. The highest BCUT2D eigenvalue weighted by atomic mass is 19.1. The Labute approximate surface area is 174 Å². The van der Waals surface area contributed by atoms with Crippen molar-refractivity contribution in [1.29, 1.82) is 0 Å². The monoisotopic (exact) mass is 409 g/mol. The van der Waals surface area contributed by atoms with Gasteiger partial charge in [-0.05, 0) is 43.7 Å². The van der Waals surface area contributed by atoms with Crippen molar-refractivity contribution in [1.82, 2.24) is 19.7 Å². The minimum Gasteiger partial charge on any atom is -0.482 e. The number of nitrogens with zero attached hydrogens (tertiary/aromatic N) is 4. The van der Waals surface area contributed by atoms with E-state index in [4.69, 9.17) is 10.5 Å². The van der Waals surface area contributed by atoms with E-state index in [2.05, 4.69) is 10.1 Å². The van der Waals surface area contributed by atoms with E-state index >= 15 is 0 Å². The predicted octanol–water partition coefficient (Wildman–Crippen LogP) is 3.16. The number of aromatic nitrogens is 3. The summed E-state index contributed by atoms with van der Waals surface area (Å²) < 4.78 is 21.9. The molecule has 1 aliphatic heterocycles. The van der Waals surface area contributed by atoms with Crippen LogP contribution >= 0.6 is 0 Å². The molecule has 2 aromatic heterocycles. The van der Waals surface area contributed by atoms with E-state index in [9.17, 15) is 9.18 Å². The number of carbonyl (C=O) groups is 1. The topological polar surface area (TPSA) is 86.3 Å². The van der Waals surface area contributed by atoms with Gasteiger partial charge in [-0.15, -0.1) is 0 Å². The Kier molecular flexibility index (Phi) is 4.93. The van der Waals surface area contributed by atoms with E-state index in [1.54, 1.807) is 29.7 Å². The van der Waals surface area contributed by atoms with Gasteiger partial charge < -0.3 is 15.4 Å². The summed E-state index contributed by atoms with van der Waals surface area (Å²) in [7, 11) is 3.59. The highest BCUT2D eigenvalue weighted by Crippen LogP contribution is 2.31. The van der Waals surface area contributed by atoms with Crippen LogP contribution in [-0.2, 0) is 20.0 Å². The molecule has 8 heteroatoms. The quantitative estimate of drug-likeness (QED) is 0.616. The van der Waals surface area contributed by atoms with Crippen molar-refractivity contribution in [3.8, 4) is 5.75 Å². The molecular formula is C22H24FN5O2. The summed E-state index contributed by atoms with van der Waals surface area (Å²) in [4.78, 5) is 19.1. The van der Waals surface area contributed by atoms with Gasteiger partial charge in [-0.3, -0.25) is 9.48 Å². The third-order valence-corrected chi connectivity index (χ3v) is 5.51. The zero-order chi connectivity index (χ0) is 21.6. The molecule has 7 nitrogen and oxygen atoms in total. The lowest BCUT2D eigenvalue weighted by molar-refractivity contribution is 0.0776. The molecule has 0 saturated carbocycles. The number of ether oxygens (including phenoxy) is 1. The zero-order valence-electron chi connectivity index (χ0n) is 17.4. The Morgan fingerprint density at radius 1 is 1.27 bits per heavy atom. The Morgan fingerprint density at radius 3 is 2.80 bits per heavy atom. The van der Waals surface area contributed by atoms with E-state index in [-0.39, 0.29) is 11.7 Å². The van der Waals surface area contributed by atoms with Crippen LogP contribution in [0.5, 0.6) is 5.75 Å². The number of nitrogen functional groups attached to an aromatic ring is 1. The maximum absolute atomic E-state index is 14.0. The van der Waals surface area contributed by atoms with Gasteiger partial charge in [-0.1, -0.05) is 0 Å². The van der Waals surface area contributed by atoms with Gasteiger partial charge in [0.15, 0.2) is 11.6 Å². The summed E-state index contributed by atoms with van der Waals surface area (Å²) in [5.74, 6) is -0.0148. The molecule has 1 aromatic carbocycles. The molecule has 30 heavy (non-hydrogen) atoms.